The molecule has 2 heterocycles. The van der Waals surface area contributed by atoms with Crippen LogP contribution in [0.15, 0.2) is 35.3 Å². The minimum absolute atomic E-state index is 0.0578. The summed E-state index contributed by atoms with van der Waals surface area (Å²) >= 11 is 0. The SMILES string of the molecule is Cc1nccc2[nH]c(=O)c(C(F)(F)C(=O)N[C@H](C)c3ccc(C#N)cc3F)c(C)c12. The average Bonchev–Trinajstić information content (AvgIpc) is 2.67. The Balaban J connectivity index is 1.99. The quantitative estimate of drug-likeness (QED) is 0.682. The Kier molecular flexibility index (Phi) is 5.35. The van der Waals surface area contributed by atoms with Crippen LogP contribution in [0.4, 0.5) is 13.2 Å². The van der Waals surface area contributed by atoms with E-state index in [-0.39, 0.29) is 16.7 Å². The fraction of sp³-hybridized carbons (Fsp3) is 0.238. The molecule has 2 N–H and O–H groups in total. The number of rotatable bonds is 4. The predicted molar refractivity (Wildman–Crippen MR) is 103 cm³/mol. The molecule has 0 aliphatic rings. The first-order valence-electron chi connectivity index (χ1n) is 8.95. The van der Waals surface area contributed by atoms with E-state index < -0.39 is 34.8 Å². The highest BCUT2D eigenvalue weighted by Crippen LogP contribution is 2.32. The number of H-pyrrole nitrogens is 1. The van der Waals surface area contributed by atoms with Crippen molar-refractivity contribution in [2.24, 2.45) is 0 Å². The molecule has 0 unspecified atom stereocenters. The molecule has 2 aromatic heterocycles. The summed E-state index contributed by atoms with van der Waals surface area (Å²) < 4.78 is 44.2. The number of halogens is 3. The molecule has 0 saturated carbocycles. The fourth-order valence-electron chi connectivity index (χ4n) is 3.43. The van der Waals surface area contributed by atoms with Gasteiger partial charge in [0.2, 0.25) is 0 Å². The number of nitrogens with one attached hydrogen (secondary N) is 2. The van der Waals surface area contributed by atoms with Crippen LogP contribution in [0.25, 0.3) is 10.9 Å². The Morgan fingerprint density at radius 3 is 2.63 bits per heavy atom. The number of aromatic amines is 1. The minimum atomic E-state index is -4.18. The van der Waals surface area contributed by atoms with Gasteiger partial charge in [-0.1, -0.05) is 6.07 Å². The zero-order valence-corrected chi connectivity index (χ0v) is 16.3. The molecule has 154 valence electrons. The van der Waals surface area contributed by atoms with Crippen molar-refractivity contribution in [3.63, 3.8) is 0 Å². The van der Waals surface area contributed by atoms with Gasteiger partial charge < -0.3 is 10.3 Å². The molecule has 0 aliphatic heterocycles. The fourth-order valence-corrected chi connectivity index (χ4v) is 3.43. The number of aryl methyl sites for hydroxylation is 2. The van der Waals surface area contributed by atoms with E-state index in [4.69, 9.17) is 5.26 Å². The van der Waals surface area contributed by atoms with Crippen molar-refractivity contribution in [2.45, 2.75) is 32.7 Å². The van der Waals surface area contributed by atoms with Crippen LogP contribution in [0.2, 0.25) is 0 Å². The highest BCUT2D eigenvalue weighted by Gasteiger charge is 2.45. The second-order valence-corrected chi connectivity index (χ2v) is 6.89. The van der Waals surface area contributed by atoms with Gasteiger partial charge in [0.1, 0.15) is 5.82 Å². The predicted octanol–water partition coefficient (Wildman–Crippen LogP) is 3.52. The zero-order valence-electron chi connectivity index (χ0n) is 16.3. The molecule has 1 aromatic carbocycles. The number of hydrogen-bond acceptors (Lipinski definition) is 4. The molecule has 3 rings (SSSR count). The standard InChI is InChI=1S/C21H17F3N4O2/c1-10-17-12(3)26-7-6-16(17)28-19(29)18(10)21(23,24)20(30)27-11(2)14-5-4-13(9-25)8-15(14)22/h4-8,11H,1-3H3,(H,27,30)(H,28,29)/t11-/m1/s1. The summed E-state index contributed by atoms with van der Waals surface area (Å²) in [6.45, 7) is 4.25. The maximum Gasteiger partial charge on any atom is 0.355 e. The third-order valence-corrected chi connectivity index (χ3v) is 4.91. The van der Waals surface area contributed by atoms with Crippen molar-refractivity contribution in [1.82, 2.24) is 15.3 Å². The van der Waals surface area contributed by atoms with E-state index in [1.807, 2.05) is 0 Å². The van der Waals surface area contributed by atoms with Crippen LogP contribution in [0, 0.1) is 31.0 Å². The number of aromatic nitrogens is 2. The van der Waals surface area contributed by atoms with Crippen LogP contribution in [-0.2, 0) is 10.7 Å². The smallest absolute Gasteiger partial charge is 0.344 e. The van der Waals surface area contributed by atoms with Crippen LogP contribution >= 0.6 is 0 Å². The van der Waals surface area contributed by atoms with Crippen LogP contribution in [-0.4, -0.2) is 15.9 Å². The lowest BCUT2D eigenvalue weighted by atomic mass is 9.98. The monoisotopic (exact) mass is 414 g/mol. The van der Waals surface area contributed by atoms with Gasteiger partial charge in [-0.3, -0.25) is 14.6 Å². The second kappa shape index (κ2) is 7.63. The highest BCUT2D eigenvalue weighted by atomic mass is 19.3. The first-order chi connectivity index (χ1) is 14.1. The number of carbonyl (C=O) groups is 1. The molecule has 0 saturated heterocycles. The van der Waals surface area contributed by atoms with E-state index in [0.717, 1.165) is 6.07 Å². The minimum Gasteiger partial charge on any atom is -0.344 e. The molecular weight excluding hydrogens is 397 g/mol. The molecule has 0 bridgehead atoms. The van der Waals surface area contributed by atoms with Gasteiger partial charge in [0, 0.05) is 22.8 Å². The van der Waals surface area contributed by atoms with Gasteiger partial charge in [0.15, 0.2) is 0 Å². The molecule has 0 aliphatic carbocycles. The summed E-state index contributed by atoms with van der Waals surface area (Å²) in [6, 6.07) is 5.61. The normalized spacial score (nSPS) is 12.4. The van der Waals surface area contributed by atoms with Crippen LogP contribution in [0.5, 0.6) is 0 Å². The third kappa shape index (κ3) is 3.52. The Hall–Kier alpha value is -3.67. The van der Waals surface area contributed by atoms with Gasteiger partial charge in [-0.25, -0.2) is 4.39 Å². The van der Waals surface area contributed by atoms with Gasteiger partial charge >= 0.3 is 5.92 Å². The van der Waals surface area contributed by atoms with Crippen molar-refractivity contribution >= 4 is 16.8 Å². The summed E-state index contributed by atoms with van der Waals surface area (Å²) in [5, 5.41) is 11.2. The Bertz CT molecular complexity index is 1260. The van der Waals surface area contributed by atoms with Gasteiger partial charge in [-0.05, 0) is 44.5 Å². The first kappa shape index (κ1) is 21.0. The Morgan fingerprint density at radius 1 is 1.30 bits per heavy atom. The van der Waals surface area contributed by atoms with E-state index in [1.54, 1.807) is 13.0 Å². The Morgan fingerprint density at radius 2 is 2.00 bits per heavy atom. The molecule has 1 amide bonds. The lowest BCUT2D eigenvalue weighted by molar-refractivity contribution is -0.148. The summed E-state index contributed by atoms with van der Waals surface area (Å²) in [5.41, 5.74) is -1.40. The van der Waals surface area contributed by atoms with Crippen molar-refractivity contribution in [3.05, 3.63) is 74.6 Å². The number of hydrogen-bond donors (Lipinski definition) is 2. The maximum absolute atomic E-state index is 15.0. The van der Waals surface area contributed by atoms with Crippen LogP contribution in [0.1, 0.15) is 40.9 Å². The van der Waals surface area contributed by atoms with Crippen LogP contribution < -0.4 is 10.9 Å². The van der Waals surface area contributed by atoms with E-state index in [1.165, 1.54) is 38.2 Å². The van der Waals surface area contributed by atoms with Crippen molar-refractivity contribution in [2.75, 3.05) is 0 Å². The second-order valence-electron chi connectivity index (χ2n) is 6.89. The highest BCUT2D eigenvalue weighted by molar-refractivity contribution is 5.90. The number of nitriles is 1. The van der Waals surface area contributed by atoms with Gasteiger partial charge in [0.25, 0.3) is 11.5 Å². The number of alkyl halides is 2. The number of nitrogens with zero attached hydrogens (tertiary/aromatic N) is 2. The van der Waals surface area contributed by atoms with Crippen molar-refractivity contribution in [1.29, 1.82) is 5.26 Å². The molecule has 0 spiro atoms. The largest absolute Gasteiger partial charge is 0.355 e. The summed E-state index contributed by atoms with van der Waals surface area (Å²) in [7, 11) is 0. The summed E-state index contributed by atoms with van der Waals surface area (Å²) in [4.78, 5) is 31.2. The molecule has 30 heavy (non-hydrogen) atoms. The van der Waals surface area contributed by atoms with Crippen molar-refractivity contribution in [3.8, 4) is 6.07 Å². The third-order valence-electron chi connectivity index (χ3n) is 4.91. The molecule has 0 fully saturated rings. The molecule has 6 nitrogen and oxygen atoms in total. The van der Waals surface area contributed by atoms with E-state index in [2.05, 4.69) is 15.3 Å². The molecule has 1 atom stereocenters. The lowest BCUT2D eigenvalue weighted by Gasteiger charge is -2.22. The Labute approximate surface area is 169 Å². The number of fused-ring (bicyclic) bond motifs is 1. The summed E-state index contributed by atoms with van der Waals surface area (Å²) in [5.74, 6) is -6.73. The lowest BCUT2D eigenvalue weighted by Crippen LogP contribution is -2.43. The van der Waals surface area contributed by atoms with Gasteiger partial charge in [0.05, 0.1) is 28.8 Å². The molecule has 3 aromatic rings. The van der Waals surface area contributed by atoms with E-state index in [9.17, 15) is 14.0 Å². The molecule has 9 heteroatoms. The number of pyridine rings is 2. The average molecular weight is 414 g/mol. The molecular formula is C21H17F3N4O2. The van der Waals surface area contributed by atoms with Crippen LogP contribution in [0.3, 0.4) is 0 Å². The first-order valence-corrected chi connectivity index (χ1v) is 8.95. The van der Waals surface area contributed by atoms with Gasteiger partial charge in [-0.15, -0.1) is 0 Å². The van der Waals surface area contributed by atoms with E-state index in [0.29, 0.717) is 16.6 Å². The maximum atomic E-state index is 15.0. The summed E-state index contributed by atoms with van der Waals surface area (Å²) in [6.07, 6.45) is 1.44. The topological polar surface area (TPSA) is 98.6 Å². The number of benzene rings is 1. The number of carbonyl (C=O) groups excluding carboxylic acids is 1. The number of amides is 1. The van der Waals surface area contributed by atoms with Gasteiger partial charge in [-0.2, -0.15) is 14.0 Å². The van der Waals surface area contributed by atoms with Crippen molar-refractivity contribution < 1.29 is 18.0 Å². The van der Waals surface area contributed by atoms with E-state index >= 15 is 8.78 Å². The zero-order chi connectivity index (χ0) is 22.2. The molecule has 0 radical (unpaired) electrons.